The predicted molar refractivity (Wildman–Crippen MR) is 115 cm³/mol. The fourth-order valence-electron chi connectivity index (χ4n) is 3.11. The largest absolute Gasteiger partial charge is 0.483 e. The van der Waals surface area contributed by atoms with E-state index in [1.807, 2.05) is 26.8 Å². The van der Waals surface area contributed by atoms with E-state index < -0.39 is 0 Å². The van der Waals surface area contributed by atoms with Crippen LogP contribution in [0, 0.1) is 20.8 Å². The van der Waals surface area contributed by atoms with Crippen LogP contribution in [0.1, 0.15) is 34.0 Å². The zero-order chi connectivity index (χ0) is 21.8. The fourth-order valence-corrected chi connectivity index (χ4v) is 3.11. The molecule has 0 aliphatic heterocycles. The van der Waals surface area contributed by atoms with Crippen LogP contribution in [0.2, 0.25) is 0 Å². The third kappa shape index (κ3) is 4.51. The molecule has 0 aliphatic rings. The minimum absolute atomic E-state index is 0.164. The van der Waals surface area contributed by atoms with Crippen molar-refractivity contribution in [3.63, 3.8) is 0 Å². The molecule has 7 nitrogen and oxygen atoms in total. The van der Waals surface area contributed by atoms with Gasteiger partial charge in [-0.15, -0.1) is 0 Å². The molecular formula is C23H24N2O5. The molecule has 7 heteroatoms. The van der Waals surface area contributed by atoms with Crippen molar-refractivity contribution in [3.05, 3.63) is 69.1 Å². The summed E-state index contributed by atoms with van der Waals surface area (Å²) in [7, 11) is 0. The first-order valence-corrected chi connectivity index (χ1v) is 9.65. The molecule has 0 bridgehead atoms. The maximum atomic E-state index is 12.3. The molecule has 2 N–H and O–H groups in total. The van der Waals surface area contributed by atoms with Crippen molar-refractivity contribution in [3.8, 4) is 5.75 Å². The van der Waals surface area contributed by atoms with E-state index in [4.69, 9.17) is 9.15 Å². The lowest BCUT2D eigenvalue weighted by Gasteiger charge is -2.13. The standard InChI is InChI=1S/C23H24N2O5/c1-5-24-22(27)16-6-8-17(9-7-16)25-20(26)12-29-18-10-13(2)11-19-21(18)14(3)15(4)23(28)30-19/h6-11H,5,12H2,1-4H3,(H,24,27)(H,25,26). The van der Waals surface area contributed by atoms with Crippen LogP contribution in [0.15, 0.2) is 45.6 Å². The van der Waals surface area contributed by atoms with Crippen LogP contribution in [0.5, 0.6) is 5.75 Å². The molecule has 1 aromatic heterocycles. The molecule has 1 heterocycles. The Labute approximate surface area is 174 Å². The van der Waals surface area contributed by atoms with Crippen molar-refractivity contribution < 1.29 is 18.7 Å². The molecule has 2 amide bonds. The van der Waals surface area contributed by atoms with Gasteiger partial charge in [0.15, 0.2) is 6.61 Å². The lowest BCUT2D eigenvalue weighted by atomic mass is 10.0. The zero-order valence-corrected chi connectivity index (χ0v) is 17.4. The monoisotopic (exact) mass is 408 g/mol. The molecule has 0 saturated carbocycles. The number of fused-ring (bicyclic) bond motifs is 1. The summed E-state index contributed by atoms with van der Waals surface area (Å²) in [6.07, 6.45) is 0. The van der Waals surface area contributed by atoms with E-state index in [2.05, 4.69) is 10.6 Å². The van der Waals surface area contributed by atoms with E-state index >= 15 is 0 Å². The van der Waals surface area contributed by atoms with Gasteiger partial charge in [0.1, 0.15) is 11.3 Å². The highest BCUT2D eigenvalue weighted by Crippen LogP contribution is 2.30. The summed E-state index contributed by atoms with van der Waals surface area (Å²) in [5.41, 5.74) is 3.24. The van der Waals surface area contributed by atoms with E-state index in [9.17, 15) is 14.4 Å². The van der Waals surface area contributed by atoms with Crippen LogP contribution in [0.4, 0.5) is 5.69 Å². The van der Waals surface area contributed by atoms with E-state index in [0.29, 0.717) is 40.1 Å². The highest BCUT2D eigenvalue weighted by molar-refractivity contribution is 5.96. The number of anilines is 1. The van der Waals surface area contributed by atoms with Crippen LogP contribution in [-0.4, -0.2) is 25.0 Å². The molecular weight excluding hydrogens is 384 g/mol. The summed E-state index contributed by atoms with van der Waals surface area (Å²) < 4.78 is 11.1. The summed E-state index contributed by atoms with van der Waals surface area (Å²) >= 11 is 0. The fraction of sp³-hybridized carbons (Fsp3) is 0.261. The number of benzene rings is 2. The highest BCUT2D eigenvalue weighted by Gasteiger charge is 2.15. The summed E-state index contributed by atoms with van der Waals surface area (Å²) in [6, 6.07) is 10.2. The summed E-state index contributed by atoms with van der Waals surface area (Å²) in [5, 5.41) is 6.13. The number of hydrogen-bond donors (Lipinski definition) is 2. The van der Waals surface area contributed by atoms with Crippen LogP contribution >= 0.6 is 0 Å². The lowest BCUT2D eigenvalue weighted by molar-refractivity contribution is -0.118. The quantitative estimate of drug-likeness (QED) is 0.609. The van der Waals surface area contributed by atoms with E-state index in [1.54, 1.807) is 37.3 Å². The van der Waals surface area contributed by atoms with Crippen LogP contribution in [0.25, 0.3) is 11.0 Å². The van der Waals surface area contributed by atoms with E-state index in [0.717, 1.165) is 11.1 Å². The SMILES string of the molecule is CCNC(=O)c1ccc(NC(=O)COc2cc(C)cc3oc(=O)c(C)c(C)c23)cc1. The van der Waals surface area contributed by atoms with Crippen molar-refractivity contribution >= 4 is 28.5 Å². The van der Waals surface area contributed by atoms with Crippen LogP contribution < -0.4 is 21.0 Å². The number of hydrogen-bond acceptors (Lipinski definition) is 5. The zero-order valence-electron chi connectivity index (χ0n) is 17.4. The first kappa shape index (κ1) is 21.1. The van der Waals surface area contributed by atoms with Gasteiger partial charge in [-0.05, 0) is 75.2 Å². The molecule has 3 rings (SSSR count). The second kappa shape index (κ2) is 8.82. The maximum Gasteiger partial charge on any atom is 0.339 e. The molecule has 0 unspecified atom stereocenters. The van der Waals surface area contributed by atoms with Crippen molar-refractivity contribution in [2.75, 3.05) is 18.5 Å². The van der Waals surface area contributed by atoms with Gasteiger partial charge >= 0.3 is 5.63 Å². The minimum Gasteiger partial charge on any atom is -0.483 e. The maximum absolute atomic E-state index is 12.3. The second-order valence-electron chi connectivity index (χ2n) is 7.05. The molecule has 3 aromatic rings. The summed E-state index contributed by atoms with van der Waals surface area (Å²) in [5.74, 6) is -0.0272. The number of rotatable bonds is 6. The topological polar surface area (TPSA) is 97.6 Å². The Morgan fingerprint density at radius 1 is 1.03 bits per heavy atom. The van der Waals surface area contributed by atoms with Gasteiger partial charge in [-0.25, -0.2) is 4.79 Å². The van der Waals surface area contributed by atoms with Gasteiger partial charge in [-0.1, -0.05) is 0 Å². The van der Waals surface area contributed by atoms with Crippen molar-refractivity contribution in [1.29, 1.82) is 0 Å². The molecule has 0 fully saturated rings. The first-order chi connectivity index (χ1) is 14.3. The summed E-state index contributed by atoms with van der Waals surface area (Å²) in [4.78, 5) is 36.1. The molecule has 2 aromatic carbocycles. The Kier molecular flexibility index (Phi) is 6.20. The molecule has 156 valence electrons. The van der Waals surface area contributed by atoms with E-state index in [-0.39, 0.29) is 24.0 Å². The molecule has 0 aliphatic carbocycles. The number of aryl methyl sites for hydroxylation is 2. The number of ether oxygens (including phenoxy) is 1. The van der Waals surface area contributed by atoms with Gasteiger partial charge in [0.25, 0.3) is 11.8 Å². The Morgan fingerprint density at radius 3 is 2.40 bits per heavy atom. The van der Waals surface area contributed by atoms with Gasteiger partial charge in [-0.3, -0.25) is 9.59 Å². The van der Waals surface area contributed by atoms with Crippen LogP contribution in [0.3, 0.4) is 0 Å². The number of carbonyl (C=O) groups excluding carboxylic acids is 2. The third-order valence-corrected chi connectivity index (χ3v) is 4.78. The van der Waals surface area contributed by atoms with Gasteiger partial charge in [0, 0.05) is 23.4 Å². The Morgan fingerprint density at radius 2 is 1.73 bits per heavy atom. The summed E-state index contributed by atoms with van der Waals surface area (Å²) in [6.45, 7) is 7.56. The lowest BCUT2D eigenvalue weighted by Crippen LogP contribution is -2.23. The number of nitrogens with one attached hydrogen (secondary N) is 2. The smallest absolute Gasteiger partial charge is 0.339 e. The average molecular weight is 408 g/mol. The highest BCUT2D eigenvalue weighted by atomic mass is 16.5. The second-order valence-corrected chi connectivity index (χ2v) is 7.05. The predicted octanol–water partition coefficient (Wildman–Crippen LogP) is 3.49. The van der Waals surface area contributed by atoms with Crippen LogP contribution in [-0.2, 0) is 4.79 Å². The number of amides is 2. The number of carbonyl (C=O) groups is 2. The van der Waals surface area contributed by atoms with Crippen molar-refractivity contribution in [2.24, 2.45) is 0 Å². The Bertz CT molecular complexity index is 1160. The molecule has 30 heavy (non-hydrogen) atoms. The van der Waals surface area contributed by atoms with Gasteiger partial charge < -0.3 is 19.8 Å². The molecule has 0 saturated heterocycles. The average Bonchev–Trinajstić information content (AvgIpc) is 2.70. The van der Waals surface area contributed by atoms with Gasteiger partial charge in [0.05, 0.1) is 5.39 Å². The molecule has 0 atom stereocenters. The minimum atomic E-state index is -0.384. The Balaban J connectivity index is 1.73. The van der Waals surface area contributed by atoms with Crippen molar-refractivity contribution in [2.45, 2.75) is 27.7 Å². The first-order valence-electron chi connectivity index (χ1n) is 9.65. The van der Waals surface area contributed by atoms with Gasteiger partial charge in [0.2, 0.25) is 0 Å². The van der Waals surface area contributed by atoms with Gasteiger partial charge in [-0.2, -0.15) is 0 Å². The van der Waals surface area contributed by atoms with E-state index in [1.165, 1.54) is 0 Å². The Hall–Kier alpha value is -3.61. The molecule has 0 spiro atoms. The molecule has 0 radical (unpaired) electrons. The normalized spacial score (nSPS) is 10.7. The third-order valence-electron chi connectivity index (χ3n) is 4.78. The van der Waals surface area contributed by atoms with Crippen molar-refractivity contribution in [1.82, 2.24) is 5.32 Å².